The minimum Gasteiger partial charge on any atom is -0.395 e. The Morgan fingerprint density at radius 3 is 2.88 bits per heavy atom. The average molecular weight is 459 g/mol. The molecular weight excluding hydrogens is 428 g/mol. The predicted molar refractivity (Wildman–Crippen MR) is 133 cm³/mol. The monoisotopic (exact) mass is 458 g/mol. The topological polar surface area (TPSA) is 115 Å². The number of aliphatic hydroxyl groups is 1. The number of anilines is 3. The van der Waals surface area contributed by atoms with E-state index in [2.05, 4.69) is 45.2 Å². The Morgan fingerprint density at radius 2 is 2.12 bits per heavy atom. The molecule has 0 saturated heterocycles. The number of hydrogen-bond donors (Lipinski definition) is 4. The molecule has 1 atom stereocenters. The summed E-state index contributed by atoms with van der Waals surface area (Å²) >= 11 is 0. The number of rotatable bonds is 9. The zero-order valence-corrected chi connectivity index (χ0v) is 19.8. The molecule has 0 radical (unpaired) electrons. The van der Waals surface area contributed by atoms with Gasteiger partial charge in [-0.1, -0.05) is 19.1 Å². The molecule has 0 unspecified atom stereocenters. The molecule has 2 heterocycles. The van der Waals surface area contributed by atoms with Crippen molar-refractivity contribution in [2.45, 2.75) is 25.8 Å². The SMILES string of the molecule is COCCNCc1ccc(C)c(Nc2nccc(-c3cc(C#N)c4c(c3)[C@@](C)(CO)CN4)n2)c1. The van der Waals surface area contributed by atoms with E-state index in [0.717, 1.165) is 46.7 Å². The number of benzene rings is 2. The first-order chi connectivity index (χ1) is 16.5. The molecule has 34 heavy (non-hydrogen) atoms. The van der Waals surface area contributed by atoms with Crippen LogP contribution in [0.5, 0.6) is 0 Å². The lowest BCUT2D eigenvalue weighted by atomic mass is 9.83. The van der Waals surface area contributed by atoms with Gasteiger partial charge in [0, 0.05) is 49.6 Å². The van der Waals surface area contributed by atoms with E-state index in [4.69, 9.17) is 9.72 Å². The Hall–Kier alpha value is -3.51. The van der Waals surface area contributed by atoms with E-state index >= 15 is 0 Å². The molecule has 0 amide bonds. The predicted octanol–water partition coefficient (Wildman–Crippen LogP) is 3.48. The minimum atomic E-state index is -0.445. The van der Waals surface area contributed by atoms with E-state index in [-0.39, 0.29) is 6.61 Å². The third kappa shape index (κ3) is 4.87. The van der Waals surface area contributed by atoms with Crippen molar-refractivity contribution in [1.82, 2.24) is 15.3 Å². The fraction of sp³-hybridized carbons (Fsp3) is 0.346. The summed E-state index contributed by atoms with van der Waals surface area (Å²) in [5, 5.41) is 29.6. The third-order valence-corrected chi connectivity index (χ3v) is 6.23. The Balaban J connectivity index is 1.61. The molecule has 176 valence electrons. The quantitative estimate of drug-likeness (QED) is 0.360. The maximum Gasteiger partial charge on any atom is 0.227 e. The minimum absolute atomic E-state index is 0.00611. The molecule has 0 saturated carbocycles. The smallest absolute Gasteiger partial charge is 0.227 e. The van der Waals surface area contributed by atoms with Crippen molar-refractivity contribution < 1.29 is 9.84 Å². The molecule has 0 fully saturated rings. The Labute approximate surface area is 200 Å². The van der Waals surface area contributed by atoms with Crippen LogP contribution in [0.2, 0.25) is 0 Å². The van der Waals surface area contributed by atoms with Gasteiger partial charge in [0.2, 0.25) is 5.95 Å². The number of nitriles is 1. The highest BCUT2D eigenvalue weighted by atomic mass is 16.5. The molecule has 8 heteroatoms. The van der Waals surface area contributed by atoms with Gasteiger partial charge in [-0.25, -0.2) is 9.97 Å². The van der Waals surface area contributed by atoms with Crippen LogP contribution in [0.15, 0.2) is 42.6 Å². The maximum atomic E-state index is 9.97. The van der Waals surface area contributed by atoms with E-state index in [1.165, 1.54) is 0 Å². The fourth-order valence-electron chi connectivity index (χ4n) is 4.09. The molecule has 4 N–H and O–H groups in total. The van der Waals surface area contributed by atoms with Crippen LogP contribution in [0.4, 0.5) is 17.3 Å². The van der Waals surface area contributed by atoms with Gasteiger partial charge in [-0.15, -0.1) is 0 Å². The molecule has 8 nitrogen and oxygen atoms in total. The number of aryl methyl sites for hydroxylation is 1. The zero-order chi connectivity index (χ0) is 24.1. The van der Waals surface area contributed by atoms with E-state index in [0.29, 0.717) is 30.4 Å². The van der Waals surface area contributed by atoms with Crippen molar-refractivity contribution in [3.05, 3.63) is 64.8 Å². The van der Waals surface area contributed by atoms with Crippen LogP contribution >= 0.6 is 0 Å². The first-order valence-electron chi connectivity index (χ1n) is 11.3. The van der Waals surface area contributed by atoms with Gasteiger partial charge in [-0.05, 0) is 47.9 Å². The van der Waals surface area contributed by atoms with Crippen molar-refractivity contribution in [2.75, 3.05) is 44.0 Å². The highest BCUT2D eigenvalue weighted by Gasteiger charge is 2.35. The lowest BCUT2D eigenvalue weighted by Gasteiger charge is -2.21. The van der Waals surface area contributed by atoms with Crippen molar-refractivity contribution in [2.24, 2.45) is 0 Å². The van der Waals surface area contributed by atoms with Crippen molar-refractivity contribution in [3.63, 3.8) is 0 Å². The number of aliphatic hydroxyl groups excluding tert-OH is 1. The Bertz CT molecular complexity index is 1220. The number of methoxy groups -OCH3 is 1. The standard InChI is InChI=1S/C26H30N6O2/c1-17-4-5-18(14-28-8-9-34-3)10-23(17)32-25-29-7-6-22(31-25)19-11-20(13-27)24-21(12-19)26(2,16-33)15-30-24/h4-7,10-12,28,30,33H,8-9,14-16H2,1-3H3,(H,29,31,32)/t26-/m1/s1. The van der Waals surface area contributed by atoms with Gasteiger partial charge in [-0.3, -0.25) is 0 Å². The van der Waals surface area contributed by atoms with Crippen LogP contribution in [-0.4, -0.2) is 48.5 Å². The Morgan fingerprint density at radius 1 is 1.26 bits per heavy atom. The molecule has 1 aliphatic heterocycles. The van der Waals surface area contributed by atoms with Gasteiger partial charge in [0.25, 0.3) is 0 Å². The molecule has 4 rings (SSSR count). The van der Waals surface area contributed by atoms with E-state index in [1.54, 1.807) is 13.3 Å². The van der Waals surface area contributed by atoms with Crippen LogP contribution < -0.4 is 16.0 Å². The summed E-state index contributed by atoms with van der Waals surface area (Å²) < 4.78 is 5.08. The second-order valence-electron chi connectivity index (χ2n) is 8.84. The highest BCUT2D eigenvalue weighted by molar-refractivity contribution is 5.76. The Kier molecular flexibility index (Phi) is 7.08. The first kappa shape index (κ1) is 23.6. The summed E-state index contributed by atoms with van der Waals surface area (Å²) in [4.78, 5) is 9.13. The number of fused-ring (bicyclic) bond motifs is 1. The summed E-state index contributed by atoms with van der Waals surface area (Å²) in [6.07, 6.45) is 1.71. The summed E-state index contributed by atoms with van der Waals surface area (Å²) in [6.45, 7) is 6.80. The van der Waals surface area contributed by atoms with Crippen molar-refractivity contribution >= 4 is 17.3 Å². The van der Waals surface area contributed by atoms with Crippen LogP contribution in [0.3, 0.4) is 0 Å². The fourth-order valence-corrected chi connectivity index (χ4v) is 4.09. The highest BCUT2D eigenvalue weighted by Crippen LogP contribution is 2.41. The van der Waals surface area contributed by atoms with E-state index < -0.39 is 5.41 Å². The molecule has 0 spiro atoms. The van der Waals surface area contributed by atoms with Crippen LogP contribution in [0, 0.1) is 18.3 Å². The molecular formula is C26H30N6O2. The van der Waals surface area contributed by atoms with Crippen molar-refractivity contribution in [1.29, 1.82) is 5.26 Å². The van der Waals surface area contributed by atoms with Gasteiger partial charge < -0.3 is 25.8 Å². The maximum absolute atomic E-state index is 9.97. The zero-order valence-electron chi connectivity index (χ0n) is 19.8. The van der Waals surface area contributed by atoms with Crippen LogP contribution in [0.25, 0.3) is 11.3 Å². The third-order valence-electron chi connectivity index (χ3n) is 6.23. The second-order valence-corrected chi connectivity index (χ2v) is 8.84. The van der Waals surface area contributed by atoms with E-state index in [9.17, 15) is 10.4 Å². The molecule has 0 bridgehead atoms. The van der Waals surface area contributed by atoms with Gasteiger partial charge in [0.05, 0.1) is 30.2 Å². The average Bonchev–Trinajstić information content (AvgIpc) is 3.20. The lowest BCUT2D eigenvalue weighted by Crippen LogP contribution is -2.28. The van der Waals surface area contributed by atoms with E-state index in [1.807, 2.05) is 32.0 Å². The first-order valence-corrected chi connectivity index (χ1v) is 11.3. The number of ether oxygens (including phenoxy) is 1. The molecule has 0 aliphatic carbocycles. The van der Waals surface area contributed by atoms with Gasteiger partial charge in [0.1, 0.15) is 6.07 Å². The molecule has 1 aliphatic rings. The summed E-state index contributed by atoms with van der Waals surface area (Å²) in [6, 6.07) is 14.2. The molecule has 3 aromatic rings. The van der Waals surface area contributed by atoms with Gasteiger partial charge in [-0.2, -0.15) is 5.26 Å². The number of nitrogens with zero attached hydrogens (tertiary/aromatic N) is 3. The largest absolute Gasteiger partial charge is 0.395 e. The van der Waals surface area contributed by atoms with Crippen LogP contribution in [-0.2, 0) is 16.7 Å². The normalized spacial score (nSPS) is 16.6. The molecule has 2 aromatic carbocycles. The van der Waals surface area contributed by atoms with Crippen LogP contribution in [0.1, 0.15) is 29.2 Å². The van der Waals surface area contributed by atoms with Gasteiger partial charge >= 0.3 is 0 Å². The summed E-state index contributed by atoms with van der Waals surface area (Å²) in [7, 11) is 1.69. The van der Waals surface area contributed by atoms with Gasteiger partial charge in [0.15, 0.2) is 0 Å². The van der Waals surface area contributed by atoms with Crippen molar-refractivity contribution in [3.8, 4) is 17.3 Å². The number of nitrogens with one attached hydrogen (secondary N) is 3. The number of hydrogen-bond acceptors (Lipinski definition) is 8. The second kappa shape index (κ2) is 10.2. The lowest BCUT2D eigenvalue weighted by molar-refractivity contribution is 0.199. The molecule has 1 aromatic heterocycles. The number of aromatic nitrogens is 2. The summed E-state index contributed by atoms with van der Waals surface area (Å²) in [5.74, 6) is 0.479. The summed E-state index contributed by atoms with van der Waals surface area (Å²) in [5.41, 5.74) is 6.52.